The normalized spacial score (nSPS) is 37.2. The van der Waals surface area contributed by atoms with E-state index in [1.807, 2.05) is 6.92 Å². The van der Waals surface area contributed by atoms with Gasteiger partial charge in [-0.1, -0.05) is 19.1 Å². The largest absolute Gasteiger partial charge is 0.367 e. The summed E-state index contributed by atoms with van der Waals surface area (Å²) in [4.78, 5) is 10.8. The zero-order valence-electron chi connectivity index (χ0n) is 6.65. The van der Waals surface area contributed by atoms with Crippen molar-refractivity contribution in [2.24, 2.45) is 5.92 Å². The Morgan fingerprint density at radius 3 is 2.64 bits per heavy atom. The number of carbonyl (C=O) groups is 1. The molecule has 1 N–H and O–H groups in total. The number of ketones is 1. The second-order valence-electron chi connectivity index (χ2n) is 2.80. The fraction of sp³-hybridized carbons (Fsp3) is 0.625. The second kappa shape index (κ2) is 3.15. The molecular weight excluding hydrogens is 144 g/mol. The van der Waals surface area contributed by atoms with Crippen LogP contribution in [0.15, 0.2) is 12.2 Å². The molecule has 0 bridgehead atoms. The molecule has 1 aliphatic heterocycles. The molecule has 0 aromatic heterocycles. The van der Waals surface area contributed by atoms with E-state index in [4.69, 9.17) is 4.74 Å². The van der Waals surface area contributed by atoms with E-state index in [2.05, 4.69) is 0 Å². The first-order valence-electron chi connectivity index (χ1n) is 3.63. The first kappa shape index (κ1) is 8.43. The summed E-state index contributed by atoms with van der Waals surface area (Å²) in [7, 11) is 0. The predicted molar refractivity (Wildman–Crippen MR) is 39.9 cm³/mol. The molecule has 0 spiro atoms. The molecule has 1 heterocycles. The fourth-order valence-electron chi connectivity index (χ4n) is 0.922. The van der Waals surface area contributed by atoms with Crippen LogP contribution in [0, 0.1) is 5.92 Å². The van der Waals surface area contributed by atoms with E-state index in [0.717, 1.165) is 0 Å². The summed E-state index contributed by atoms with van der Waals surface area (Å²) in [5, 5.41) is 9.17. The van der Waals surface area contributed by atoms with E-state index in [9.17, 15) is 9.90 Å². The Balaban J connectivity index is 2.63. The molecule has 3 unspecified atom stereocenters. The van der Waals surface area contributed by atoms with Crippen LogP contribution in [0.25, 0.3) is 0 Å². The molecule has 3 atom stereocenters. The maximum atomic E-state index is 10.8. The van der Waals surface area contributed by atoms with E-state index in [0.29, 0.717) is 0 Å². The number of rotatable bonds is 1. The van der Waals surface area contributed by atoms with E-state index < -0.39 is 12.4 Å². The van der Waals surface area contributed by atoms with Crippen molar-refractivity contribution in [3.8, 4) is 0 Å². The third-order valence-corrected chi connectivity index (χ3v) is 1.73. The summed E-state index contributed by atoms with van der Waals surface area (Å²) in [5.41, 5.74) is 0. The maximum absolute atomic E-state index is 10.8. The Kier molecular flexibility index (Phi) is 2.42. The van der Waals surface area contributed by atoms with Gasteiger partial charge in [-0.05, 0) is 6.92 Å². The van der Waals surface area contributed by atoms with Crippen molar-refractivity contribution in [1.82, 2.24) is 0 Å². The summed E-state index contributed by atoms with van der Waals surface area (Å²) in [6, 6.07) is 0. The van der Waals surface area contributed by atoms with Crippen LogP contribution in [0.1, 0.15) is 13.8 Å². The van der Waals surface area contributed by atoms with E-state index >= 15 is 0 Å². The molecule has 0 aromatic carbocycles. The van der Waals surface area contributed by atoms with Gasteiger partial charge < -0.3 is 9.84 Å². The highest BCUT2D eigenvalue weighted by Gasteiger charge is 2.23. The highest BCUT2D eigenvalue weighted by molar-refractivity contribution is 5.82. The number of carbonyl (C=O) groups excluding carboxylic acids is 1. The smallest absolute Gasteiger partial charge is 0.162 e. The molecule has 11 heavy (non-hydrogen) atoms. The SMILES string of the molecule is CC(=O)C1C=CC(C)C(O)O1. The lowest BCUT2D eigenvalue weighted by molar-refractivity contribution is -0.162. The van der Waals surface area contributed by atoms with Crippen molar-refractivity contribution in [2.45, 2.75) is 26.2 Å². The Hall–Kier alpha value is -0.670. The van der Waals surface area contributed by atoms with Crippen LogP contribution in [-0.2, 0) is 9.53 Å². The van der Waals surface area contributed by atoms with Crippen LogP contribution in [-0.4, -0.2) is 23.3 Å². The van der Waals surface area contributed by atoms with Gasteiger partial charge in [-0.3, -0.25) is 4.79 Å². The van der Waals surface area contributed by atoms with Gasteiger partial charge in [0.2, 0.25) is 0 Å². The quantitative estimate of drug-likeness (QED) is 0.562. The Labute approximate surface area is 65.7 Å². The molecule has 0 aromatic rings. The van der Waals surface area contributed by atoms with Crippen molar-refractivity contribution in [3.63, 3.8) is 0 Å². The van der Waals surface area contributed by atoms with Gasteiger partial charge >= 0.3 is 0 Å². The average molecular weight is 156 g/mol. The van der Waals surface area contributed by atoms with Crippen molar-refractivity contribution in [3.05, 3.63) is 12.2 Å². The third kappa shape index (κ3) is 1.88. The lowest BCUT2D eigenvalue weighted by atomic mass is 10.1. The fourth-order valence-corrected chi connectivity index (χ4v) is 0.922. The zero-order chi connectivity index (χ0) is 8.43. The van der Waals surface area contributed by atoms with E-state index in [1.165, 1.54) is 6.92 Å². The summed E-state index contributed by atoms with van der Waals surface area (Å²) >= 11 is 0. The van der Waals surface area contributed by atoms with Gasteiger partial charge in [0.15, 0.2) is 12.1 Å². The third-order valence-electron chi connectivity index (χ3n) is 1.73. The van der Waals surface area contributed by atoms with Crippen LogP contribution >= 0.6 is 0 Å². The minimum Gasteiger partial charge on any atom is -0.367 e. The lowest BCUT2D eigenvalue weighted by Crippen LogP contribution is -2.33. The van der Waals surface area contributed by atoms with Crippen LogP contribution in [0.4, 0.5) is 0 Å². The van der Waals surface area contributed by atoms with Crippen LogP contribution in [0.2, 0.25) is 0 Å². The number of aliphatic hydroxyl groups excluding tert-OH is 1. The van der Waals surface area contributed by atoms with Crippen molar-refractivity contribution in [1.29, 1.82) is 0 Å². The molecule has 3 heteroatoms. The zero-order valence-corrected chi connectivity index (χ0v) is 6.65. The Bertz CT molecular complexity index is 186. The van der Waals surface area contributed by atoms with E-state index in [1.54, 1.807) is 12.2 Å². The van der Waals surface area contributed by atoms with Crippen molar-refractivity contribution < 1.29 is 14.6 Å². The Morgan fingerprint density at radius 1 is 1.55 bits per heavy atom. The van der Waals surface area contributed by atoms with Gasteiger partial charge in [0.05, 0.1) is 0 Å². The molecular formula is C8H12O3. The second-order valence-corrected chi connectivity index (χ2v) is 2.80. The van der Waals surface area contributed by atoms with Gasteiger partial charge in [-0.25, -0.2) is 0 Å². The van der Waals surface area contributed by atoms with Crippen LogP contribution < -0.4 is 0 Å². The highest BCUT2D eigenvalue weighted by atomic mass is 16.6. The first-order valence-corrected chi connectivity index (χ1v) is 3.63. The summed E-state index contributed by atoms with van der Waals surface area (Å²) in [5.74, 6) is -0.0993. The van der Waals surface area contributed by atoms with Gasteiger partial charge in [-0.15, -0.1) is 0 Å². The molecule has 0 saturated carbocycles. The van der Waals surface area contributed by atoms with Gasteiger partial charge in [0.25, 0.3) is 0 Å². The summed E-state index contributed by atoms with van der Waals surface area (Å²) < 4.78 is 4.98. The van der Waals surface area contributed by atoms with Crippen molar-refractivity contribution >= 4 is 5.78 Å². The van der Waals surface area contributed by atoms with Gasteiger partial charge in [0.1, 0.15) is 6.10 Å². The highest BCUT2D eigenvalue weighted by Crippen LogP contribution is 2.16. The molecule has 1 aliphatic rings. The summed E-state index contributed by atoms with van der Waals surface area (Å²) in [6.07, 6.45) is 2.08. The van der Waals surface area contributed by atoms with Crippen LogP contribution in [0.5, 0.6) is 0 Å². The predicted octanol–water partition coefficient (Wildman–Crippen LogP) is 0.485. The molecule has 62 valence electrons. The topological polar surface area (TPSA) is 46.5 Å². The van der Waals surface area contributed by atoms with Gasteiger partial charge in [0, 0.05) is 5.92 Å². The number of hydrogen-bond acceptors (Lipinski definition) is 3. The monoisotopic (exact) mass is 156 g/mol. The van der Waals surface area contributed by atoms with E-state index in [-0.39, 0.29) is 11.7 Å². The number of ether oxygens (including phenoxy) is 1. The van der Waals surface area contributed by atoms with Gasteiger partial charge in [-0.2, -0.15) is 0 Å². The standard InChI is InChI=1S/C8H12O3/c1-5-3-4-7(6(2)9)11-8(5)10/h3-5,7-8,10H,1-2H3. The first-order chi connectivity index (χ1) is 5.11. The minimum absolute atomic E-state index is 0.0226. The molecule has 0 radical (unpaired) electrons. The molecule has 0 saturated heterocycles. The minimum atomic E-state index is -0.839. The number of hydrogen-bond donors (Lipinski definition) is 1. The lowest BCUT2D eigenvalue weighted by Gasteiger charge is -2.24. The molecule has 1 rings (SSSR count). The number of aliphatic hydroxyl groups is 1. The summed E-state index contributed by atoms with van der Waals surface area (Å²) in [6.45, 7) is 3.27. The maximum Gasteiger partial charge on any atom is 0.162 e. The van der Waals surface area contributed by atoms with Crippen LogP contribution in [0.3, 0.4) is 0 Å². The molecule has 0 amide bonds. The number of Topliss-reactive ketones (excluding diaryl/α,β-unsaturated/α-hetero) is 1. The van der Waals surface area contributed by atoms with Crippen molar-refractivity contribution in [2.75, 3.05) is 0 Å². The average Bonchev–Trinajstić information content (AvgIpc) is 1.94. The molecule has 3 nitrogen and oxygen atoms in total. The Morgan fingerprint density at radius 2 is 2.18 bits per heavy atom. The molecule has 0 aliphatic carbocycles. The molecule has 0 fully saturated rings.